The van der Waals surface area contributed by atoms with Crippen molar-refractivity contribution >= 4 is 27.5 Å². The second-order valence-corrected chi connectivity index (χ2v) is 5.94. The van der Waals surface area contributed by atoms with Crippen LogP contribution in [0.4, 0.5) is 0 Å². The lowest BCUT2D eigenvalue weighted by molar-refractivity contribution is 0.374. The summed E-state index contributed by atoms with van der Waals surface area (Å²) >= 11 is 9.64. The summed E-state index contributed by atoms with van der Waals surface area (Å²) in [6, 6.07) is 0. The van der Waals surface area contributed by atoms with Crippen LogP contribution in [0.5, 0.6) is 5.88 Å². The Labute approximate surface area is 131 Å². The lowest BCUT2D eigenvalue weighted by Gasteiger charge is -2.11. The van der Waals surface area contributed by atoms with E-state index in [2.05, 4.69) is 44.8 Å². The van der Waals surface area contributed by atoms with E-state index in [9.17, 15) is 0 Å². The van der Waals surface area contributed by atoms with Crippen molar-refractivity contribution in [1.29, 1.82) is 0 Å². The van der Waals surface area contributed by atoms with E-state index in [1.54, 1.807) is 11.8 Å². The number of aryl methyl sites for hydroxylation is 2. The van der Waals surface area contributed by atoms with E-state index in [1.165, 1.54) is 0 Å². The van der Waals surface area contributed by atoms with Crippen LogP contribution < -0.4 is 4.74 Å². The van der Waals surface area contributed by atoms with Crippen LogP contribution in [0.15, 0.2) is 4.47 Å². The normalized spacial score (nSPS) is 11.2. The van der Waals surface area contributed by atoms with E-state index >= 15 is 0 Å². The van der Waals surface area contributed by atoms with Crippen molar-refractivity contribution in [2.75, 3.05) is 7.11 Å². The van der Waals surface area contributed by atoms with Gasteiger partial charge in [-0.3, -0.25) is 0 Å². The van der Waals surface area contributed by atoms with E-state index in [0.717, 1.165) is 21.4 Å². The molecule has 0 atom stereocenters. The van der Waals surface area contributed by atoms with Gasteiger partial charge in [0, 0.05) is 7.05 Å². The Morgan fingerprint density at radius 3 is 2.50 bits per heavy atom. The molecule has 0 saturated heterocycles. The largest absolute Gasteiger partial charge is 0.481 e. The van der Waals surface area contributed by atoms with Gasteiger partial charge in [-0.05, 0) is 28.8 Å². The highest BCUT2D eigenvalue weighted by atomic mass is 79.9. The summed E-state index contributed by atoms with van der Waals surface area (Å²) in [5.74, 6) is 1.38. The van der Waals surface area contributed by atoms with Gasteiger partial charge in [0.15, 0.2) is 5.82 Å². The highest BCUT2D eigenvalue weighted by Crippen LogP contribution is 2.35. The number of hydrogen-bond donors (Lipinski definition) is 0. The molecule has 7 heteroatoms. The van der Waals surface area contributed by atoms with E-state index in [4.69, 9.17) is 16.3 Å². The molecule has 0 radical (unpaired) electrons. The van der Waals surface area contributed by atoms with Crippen molar-refractivity contribution in [2.24, 2.45) is 7.05 Å². The molecule has 0 unspecified atom stereocenters. The Kier molecular flexibility index (Phi) is 4.34. The van der Waals surface area contributed by atoms with Gasteiger partial charge in [-0.15, -0.1) is 0 Å². The van der Waals surface area contributed by atoms with Crippen molar-refractivity contribution in [2.45, 2.75) is 26.7 Å². The van der Waals surface area contributed by atoms with Gasteiger partial charge in [-0.1, -0.05) is 25.4 Å². The lowest BCUT2D eigenvalue weighted by atomic mass is 10.1. The minimum Gasteiger partial charge on any atom is -0.481 e. The lowest BCUT2D eigenvalue weighted by Crippen LogP contribution is -2.02. The monoisotopic (exact) mass is 358 g/mol. The molecule has 2 rings (SSSR count). The molecule has 2 aromatic heterocycles. The highest BCUT2D eigenvalue weighted by molar-refractivity contribution is 9.10. The molecular weight excluding hydrogens is 344 g/mol. The maximum absolute atomic E-state index is 6.20. The molecular formula is C13H16BrClN4O. The quantitative estimate of drug-likeness (QED) is 0.784. The number of aromatic nitrogens is 4. The van der Waals surface area contributed by atoms with Crippen LogP contribution in [0, 0.1) is 6.92 Å². The molecule has 0 bridgehead atoms. The molecule has 2 aromatic rings. The SMILES string of the molecule is COc1c(-c2nc(Cl)c(Br)c(C(C)C)n2)c(C)nn1C. The fraction of sp³-hybridized carbons (Fsp3) is 0.462. The van der Waals surface area contributed by atoms with Gasteiger partial charge < -0.3 is 4.74 Å². The predicted molar refractivity (Wildman–Crippen MR) is 82.3 cm³/mol. The van der Waals surface area contributed by atoms with Crippen molar-refractivity contribution in [3.8, 4) is 17.3 Å². The summed E-state index contributed by atoms with van der Waals surface area (Å²) in [6.45, 7) is 6.01. The fourth-order valence-electron chi connectivity index (χ4n) is 2.06. The van der Waals surface area contributed by atoms with Crippen molar-refractivity contribution < 1.29 is 4.74 Å². The number of methoxy groups -OCH3 is 1. The molecule has 0 N–H and O–H groups in total. The molecule has 0 aromatic carbocycles. The number of halogens is 2. The van der Waals surface area contributed by atoms with Crippen LogP contribution in [0.3, 0.4) is 0 Å². The molecule has 20 heavy (non-hydrogen) atoms. The molecule has 0 aliphatic carbocycles. The minimum absolute atomic E-state index is 0.228. The van der Waals surface area contributed by atoms with Gasteiger partial charge in [0.1, 0.15) is 10.7 Å². The van der Waals surface area contributed by atoms with E-state index < -0.39 is 0 Å². The van der Waals surface area contributed by atoms with Crippen LogP contribution in [-0.2, 0) is 7.05 Å². The molecule has 0 fully saturated rings. The van der Waals surface area contributed by atoms with Gasteiger partial charge in [-0.25, -0.2) is 14.6 Å². The van der Waals surface area contributed by atoms with Gasteiger partial charge in [0.05, 0.1) is 23.0 Å². The maximum Gasteiger partial charge on any atom is 0.222 e. The molecule has 0 aliphatic heterocycles. The van der Waals surface area contributed by atoms with Gasteiger partial charge in [0.25, 0.3) is 0 Å². The first-order chi connectivity index (χ1) is 9.36. The van der Waals surface area contributed by atoms with Crippen LogP contribution in [0.1, 0.15) is 31.2 Å². The highest BCUT2D eigenvalue weighted by Gasteiger charge is 2.22. The summed E-state index contributed by atoms with van der Waals surface area (Å²) < 4.78 is 7.79. The molecule has 2 heterocycles. The van der Waals surface area contributed by atoms with Crippen LogP contribution in [-0.4, -0.2) is 26.9 Å². The predicted octanol–water partition coefficient (Wildman–Crippen LogP) is 3.73. The van der Waals surface area contributed by atoms with Crippen LogP contribution in [0.25, 0.3) is 11.4 Å². The maximum atomic E-state index is 6.20. The fourth-order valence-corrected chi connectivity index (χ4v) is 2.87. The molecule has 0 amide bonds. The summed E-state index contributed by atoms with van der Waals surface area (Å²) in [7, 11) is 3.42. The Morgan fingerprint density at radius 2 is 1.95 bits per heavy atom. The van der Waals surface area contributed by atoms with E-state index in [1.807, 2.05) is 14.0 Å². The second-order valence-electron chi connectivity index (χ2n) is 4.79. The zero-order valence-corrected chi connectivity index (χ0v) is 14.4. The number of rotatable bonds is 3. The third kappa shape index (κ3) is 2.54. The smallest absolute Gasteiger partial charge is 0.222 e. The van der Waals surface area contributed by atoms with Gasteiger partial charge >= 0.3 is 0 Å². The molecule has 0 spiro atoms. The van der Waals surface area contributed by atoms with Crippen molar-refractivity contribution in [1.82, 2.24) is 19.7 Å². The second kappa shape index (κ2) is 5.69. The van der Waals surface area contributed by atoms with Crippen LogP contribution >= 0.6 is 27.5 Å². The zero-order valence-electron chi connectivity index (χ0n) is 12.0. The first-order valence-corrected chi connectivity index (χ1v) is 7.34. The first kappa shape index (κ1) is 15.3. The van der Waals surface area contributed by atoms with E-state index in [-0.39, 0.29) is 5.92 Å². The zero-order chi connectivity index (χ0) is 15.0. The Hall–Kier alpha value is -1.14. The third-order valence-corrected chi connectivity index (χ3v) is 4.25. The average Bonchev–Trinajstić information content (AvgIpc) is 2.66. The first-order valence-electron chi connectivity index (χ1n) is 6.17. The minimum atomic E-state index is 0.228. The summed E-state index contributed by atoms with van der Waals surface area (Å²) in [6.07, 6.45) is 0. The molecule has 0 aliphatic rings. The van der Waals surface area contributed by atoms with Gasteiger partial charge in [-0.2, -0.15) is 5.10 Å². The average molecular weight is 360 g/mol. The Balaban J connectivity index is 2.71. The van der Waals surface area contributed by atoms with Crippen molar-refractivity contribution in [3.05, 3.63) is 21.0 Å². The molecule has 108 valence electrons. The van der Waals surface area contributed by atoms with Crippen LogP contribution in [0.2, 0.25) is 5.15 Å². The summed E-state index contributed by atoms with van der Waals surface area (Å²) in [4.78, 5) is 8.95. The van der Waals surface area contributed by atoms with E-state index in [0.29, 0.717) is 16.9 Å². The summed E-state index contributed by atoms with van der Waals surface area (Å²) in [5, 5.41) is 4.73. The molecule has 5 nitrogen and oxygen atoms in total. The number of hydrogen-bond acceptors (Lipinski definition) is 4. The summed E-state index contributed by atoms with van der Waals surface area (Å²) in [5.41, 5.74) is 2.44. The third-order valence-electron chi connectivity index (χ3n) is 2.97. The number of ether oxygens (including phenoxy) is 1. The van der Waals surface area contributed by atoms with Gasteiger partial charge in [0.2, 0.25) is 5.88 Å². The topological polar surface area (TPSA) is 52.8 Å². The Morgan fingerprint density at radius 1 is 1.30 bits per heavy atom. The number of nitrogens with zero attached hydrogens (tertiary/aromatic N) is 4. The Bertz CT molecular complexity index is 654. The van der Waals surface area contributed by atoms with Crippen molar-refractivity contribution in [3.63, 3.8) is 0 Å². The standard InChI is InChI=1S/C13H16BrClN4O/c1-6(2)10-9(14)11(15)17-12(16-10)8-7(3)18-19(4)13(8)20-5/h6H,1-5H3. The molecule has 0 saturated carbocycles.